The van der Waals surface area contributed by atoms with Crippen molar-refractivity contribution < 1.29 is 67.9 Å². The van der Waals surface area contributed by atoms with Crippen LogP contribution >= 0.6 is 0 Å². The number of carboxylic acid groups (broad SMARTS) is 3. The van der Waals surface area contributed by atoms with Gasteiger partial charge in [-0.05, 0) is 84.9 Å². The van der Waals surface area contributed by atoms with Crippen LogP contribution < -0.4 is 31.9 Å². The summed E-state index contributed by atoms with van der Waals surface area (Å²) in [5, 5.41) is 46.6. The SMILES string of the molecule is CC(=O)NCCOCCOCCOCCC(=O)NCC1CCC(C(=O)N[C@@H](Cc2ccc3ccccc3c2)C(=O)NCCCC[C@H](NC(=O)N[C@@H](Cc2ccc(C(=O)O)cc2)C(=O)O)C(=O)O)CC1. The lowest BCUT2D eigenvalue weighted by Gasteiger charge is -2.29. The lowest BCUT2D eigenvalue weighted by Crippen LogP contribution is -2.51. The summed E-state index contributed by atoms with van der Waals surface area (Å²) < 4.78 is 16.3. The highest BCUT2D eigenvalue weighted by Gasteiger charge is 2.30. The Morgan fingerprint density at radius 2 is 1.22 bits per heavy atom. The Morgan fingerprint density at radius 1 is 0.609 bits per heavy atom. The molecule has 69 heavy (non-hydrogen) atoms. The Labute approximate surface area is 401 Å². The van der Waals surface area contributed by atoms with E-state index in [1.165, 1.54) is 31.2 Å². The van der Waals surface area contributed by atoms with Crippen LogP contribution in [0.1, 0.15) is 79.8 Å². The van der Waals surface area contributed by atoms with Crippen molar-refractivity contribution >= 4 is 58.3 Å². The Bertz CT molecular complexity index is 2160. The molecule has 4 rings (SSSR count). The summed E-state index contributed by atoms with van der Waals surface area (Å²) in [6.45, 7) is 4.68. The predicted molar refractivity (Wildman–Crippen MR) is 252 cm³/mol. The molecule has 0 aliphatic heterocycles. The Morgan fingerprint density at radius 3 is 1.87 bits per heavy atom. The van der Waals surface area contributed by atoms with Gasteiger partial charge in [-0.2, -0.15) is 0 Å². The van der Waals surface area contributed by atoms with E-state index in [0.29, 0.717) is 70.9 Å². The number of carbonyl (C=O) groups is 8. The molecule has 20 nitrogen and oxygen atoms in total. The molecule has 0 unspecified atom stereocenters. The summed E-state index contributed by atoms with van der Waals surface area (Å²) in [5.74, 6) is -4.84. The van der Waals surface area contributed by atoms with Gasteiger partial charge >= 0.3 is 23.9 Å². The van der Waals surface area contributed by atoms with Crippen LogP contribution in [0.25, 0.3) is 10.8 Å². The molecule has 0 aromatic heterocycles. The number of unbranched alkanes of at least 4 members (excludes halogenated alkanes) is 1. The Hall–Kier alpha value is -6.64. The first kappa shape index (κ1) is 55.0. The van der Waals surface area contributed by atoms with Crippen molar-refractivity contribution in [3.05, 3.63) is 83.4 Å². The maximum Gasteiger partial charge on any atom is 0.335 e. The zero-order chi connectivity index (χ0) is 50.0. The average molecular weight is 963 g/mol. The van der Waals surface area contributed by atoms with Crippen molar-refractivity contribution in [1.29, 1.82) is 0 Å². The third-order valence-corrected chi connectivity index (χ3v) is 11.6. The quantitative estimate of drug-likeness (QED) is 0.0420. The van der Waals surface area contributed by atoms with E-state index in [2.05, 4.69) is 31.9 Å². The molecule has 9 N–H and O–H groups in total. The number of benzene rings is 3. The monoisotopic (exact) mass is 962 g/mol. The summed E-state index contributed by atoms with van der Waals surface area (Å²) in [7, 11) is 0. The van der Waals surface area contributed by atoms with Crippen molar-refractivity contribution in [3.8, 4) is 0 Å². The summed E-state index contributed by atoms with van der Waals surface area (Å²) in [4.78, 5) is 98.4. The third-order valence-electron chi connectivity index (χ3n) is 11.6. The molecule has 0 spiro atoms. The van der Waals surface area contributed by atoms with Crippen LogP contribution in [0.5, 0.6) is 0 Å². The molecular formula is C49H66N6O14. The van der Waals surface area contributed by atoms with E-state index in [0.717, 1.165) is 29.2 Å². The maximum atomic E-state index is 13.7. The van der Waals surface area contributed by atoms with Gasteiger partial charge in [0.2, 0.25) is 23.6 Å². The number of carbonyl (C=O) groups excluding carboxylic acids is 5. The number of aliphatic carboxylic acids is 2. The first-order valence-corrected chi connectivity index (χ1v) is 23.3. The molecule has 1 fully saturated rings. The number of carboxylic acids is 3. The van der Waals surface area contributed by atoms with Crippen LogP contribution in [-0.2, 0) is 55.8 Å². The third kappa shape index (κ3) is 21.0. The van der Waals surface area contributed by atoms with Crippen molar-refractivity contribution in [1.82, 2.24) is 31.9 Å². The zero-order valence-electron chi connectivity index (χ0n) is 39.0. The standard InChI is InChI=1S/C49H66N6O14/c1-32(56)50-21-23-68-25-27-69-26-24-67-22-19-43(57)52-31-34-11-15-37(16-12-34)44(58)53-41(30-35-13-14-36-6-2-3-7-39(36)28-35)45(59)51-20-5-4-8-40(47(62)63)54-49(66)55-42(48(64)65)29-33-9-17-38(18-10-33)46(60)61/h2-3,6-7,9-10,13-14,17-18,28,34,37,40-42H,4-5,8,11-12,15-16,19-27,29-31H2,1H3,(H,50,56)(H,51,59)(H,52,57)(H,53,58)(H,60,61)(H,62,63)(H,64,65)(H2,54,55,66)/t34?,37?,40-,41-,42-/m0/s1. The number of fused-ring (bicyclic) bond motifs is 1. The first-order valence-electron chi connectivity index (χ1n) is 23.3. The van der Waals surface area contributed by atoms with E-state index in [1.807, 2.05) is 42.5 Å². The van der Waals surface area contributed by atoms with Crippen molar-refractivity contribution in [3.63, 3.8) is 0 Å². The fraction of sp³-hybridized carbons (Fsp3) is 0.510. The zero-order valence-corrected chi connectivity index (χ0v) is 39.0. The van der Waals surface area contributed by atoms with Crippen molar-refractivity contribution in [2.75, 3.05) is 59.3 Å². The van der Waals surface area contributed by atoms with Gasteiger partial charge in [0.05, 0.1) is 45.2 Å². The lowest BCUT2D eigenvalue weighted by molar-refractivity contribution is -0.139. The molecule has 6 amide bonds. The van der Waals surface area contributed by atoms with Gasteiger partial charge in [0.15, 0.2) is 0 Å². The largest absolute Gasteiger partial charge is 0.480 e. The highest BCUT2D eigenvalue weighted by molar-refractivity contribution is 5.90. The number of rotatable bonds is 31. The number of amides is 6. The molecule has 0 radical (unpaired) electrons. The highest BCUT2D eigenvalue weighted by Crippen LogP contribution is 2.29. The molecule has 0 heterocycles. The number of hydrogen-bond donors (Lipinski definition) is 9. The van der Waals surface area contributed by atoms with E-state index >= 15 is 0 Å². The lowest BCUT2D eigenvalue weighted by atomic mass is 9.81. The van der Waals surface area contributed by atoms with Crippen LogP contribution in [0, 0.1) is 11.8 Å². The van der Waals surface area contributed by atoms with E-state index in [9.17, 15) is 48.6 Å². The summed E-state index contributed by atoms with van der Waals surface area (Å²) in [6.07, 6.45) is 3.48. The molecular weight excluding hydrogens is 897 g/mol. The molecule has 1 aliphatic carbocycles. The van der Waals surface area contributed by atoms with Crippen LogP contribution in [-0.4, -0.2) is 140 Å². The summed E-state index contributed by atoms with van der Waals surface area (Å²) >= 11 is 0. The van der Waals surface area contributed by atoms with Gasteiger partial charge < -0.3 is 61.4 Å². The Balaban J connectivity index is 1.18. The van der Waals surface area contributed by atoms with Gasteiger partial charge in [0, 0.05) is 51.7 Å². The summed E-state index contributed by atoms with van der Waals surface area (Å²) in [5.41, 5.74) is 1.30. The van der Waals surface area contributed by atoms with Gasteiger partial charge in [-0.1, -0.05) is 54.6 Å². The smallest absolute Gasteiger partial charge is 0.335 e. The highest BCUT2D eigenvalue weighted by atomic mass is 16.5. The molecule has 3 aromatic carbocycles. The minimum Gasteiger partial charge on any atom is -0.480 e. The number of hydrogen-bond acceptors (Lipinski definition) is 11. The second-order valence-corrected chi connectivity index (χ2v) is 16.9. The van der Waals surface area contributed by atoms with Crippen LogP contribution in [0.3, 0.4) is 0 Å². The number of aromatic carboxylic acids is 1. The average Bonchev–Trinajstić information content (AvgIpc) is 3.32. The minimum absolute atomic E-state index is 0.00914. The fourth-order valence-electron chi connectivity index (χ4n) is 7.72. The van der Waals surface area contributed by atoms with Crippen LogP contribution in [0.2, 0.25) is 0 Å². The van der Waals surface area contributed by atoms with Gasteiger partial charge in [-0.25, -0.2) is 19.2 Å². The fourth-order valence-corrected chi connectivity index (χ4v) is 7.72. The topological polar surface area (TPSA) is 297 Å². The van der Waals surface area contributed by atoms with Crippen molar-refractivity contribution in [2.24, 2.45) is 11.8 Å². The van der Waals surface area contributed by atoms with Crippen LogP contribution in [0.4, 0.5) is 4.79 Å². The molecule has 20 heteroatoms. The second kappa shape index (κ2) is 30.0. The van der Waals surface area contributed by atoms with Gasteiger partial charge in [-0.3, -0.25) is 19.2 Å². The van der Waals surface area contributed by atoms with Crippen molar-refractivity contribution in [2.45, 2.75) is 89.3 Å². The molecule has 376 valence electrons. The van der Waals surface area contributed by atoms with E-state index in [4.69, 9.17) is 19.3 Å². The second-order valence-electron chi connectivity index (χ2n) is 16.9. The Kier molecular flexibility index (Phi) is 23.9. The molecule has 3 aromatic rings. The van der Waals surface area contributed by atoms with Crippen LogP contribution in [0.15, 0.2) is 66.7 Å². The van der Waals surface area contributed by atoms with Gasteiger partial charge in [-0.15, -0.1) is 0 Å². The number of ether oxygens (including phenoxy) is 3. The van der Waals surface area contributed by atoms with E-state index in [1.54, 1.807) is 0 Å². The molecule has 1 aliphatic rings. The molecule has 1 saturated carbocycles. The van der Waals surface area contributed by atoms with E-state index in [-0.39, 0.29) is 80.4 Å². The van der Waals surface area contributed by atoms with Gasteiger partial charge in [0.25, 0.3) is 0 Å². The molecule has 0 saturated heterocycles. The van der Waals surface area contributed by atoms with Gasteiger partial charge in [0.1, 0.15) is 18.1 Å². The molecule has 3 atom stereocenters. The number of nitrogens with one attached hydrogen (secondary N) is 6. The summed E-state index contributed by atoms with van der Waals surface area (Å²) in [6, 6.07) is 14.4. The number of urea groups is 1. The molecule has 0 bridgehead atoms. The minimum atomic E-state index is -1.43. The maximum absolute atomic E-state index is 13.7. The first-order chi connectivity index (χ1) is 33.2. The predicted octanol–water partition coefficient (Wildman–Crippen LogP) is 2.80. The van der Waals surface area contributed by atoms with E-state index < -0.39 is 48.0 Å². The normalized spacial score (nSPS) is 15.7.